The van der Waals surface area contributed by atoms with Crippen molar-refractivity contribution in [3.8, 4) is 5.75 Å². The molecule has 2 fully saturated rings. The number of carbonyl (C=O) groups is 1. The van der Waals surface area contributed by atoms with Gasteiger partial charge in [-0.1, -0.05) is 31.0 Å². The summed E-state index contributed by atoms with van der Waals surface area (Å²) >= 11 is 0. The van der Waals surface area contributed by atoms with E-state index >= 15 is 0 Å². The quantitative estimate of drug-likeness (QED) is 0.882. The van der Waals surface area contributed by atoms with Gasteiger partial charge in [0, 0.05) is 18.5 Å². The van der Waals surface area contributed by atoms with Gasteiger partial charge in [0.05, 0.1) is 18.1 Å². The zero-order valence-electron chi connectivity index (χ0n) is 12.9. The van der Waals surface area contributed by atoms with Gasteiger partial charge in [0.25, 0.3) is 0 Å². The summed E-state index contributed by atoms with van der Waals surface area (Å²) in [4.78, 5) is 13.1. The van der Waals surface area contributed by atoms with E-state index in [0.717, 1.165) is 37.2 Å². The maximum atomic E-state index is 13.1. The molecule has 118 valence electrons. The Bertz CT molecular complexity index is 574. The first-order chi connectivity index (χ1) is 10.8. The number of carbonyl (C=O) groups excluding carboxylic acids is 1. The van der Waals surface area contributed by atoms with E-state index in [1.807, 2.05) is 18.2 Å². The van der Waals surface area contributed by atoms with Crippen LogP contribution in [0.4, 0.5) is 0 Å². The number of fused-ring (bicyclic) bond motifs is 2. The molecule has 1 saturated carbocycles. The van der Waals surface area contributed by atoms with Crippen LogP contribution in [0.1, 0.15) is 43.7 Å². The Kier molecular flexibility index (Phi) is 3.57. The van der Waals surface area contributed by atoms with Crippen LogP contribution in [0.5, 0.6) is 5.75 Å². The number of benzene rings is 1. The number of rotatable bonds is 2. The SMILES string of the molecule is O=C(NC1CCOc2ccccc21)[C@@]12CCCC[C@H]1CNC2. The molecule has 1 amide bonds. The first kappa shape index (κ1) is 14.1. The molecule has 1 unspecified atom stereocenters. The van der Waals surface area contributed by atoms with Crippen LogP contribution >= 0.6 is 0 Å². The van der Waals surface area contributed by atoms with E-state index < -0.39 is 0 Å². The highest BCUT2D eigenvalue weighted by Gasteiger charge is 2.50. The van der Waals surface area contributed by atoms with Crippen LogP contribution in [0.15, 0.2) is 24.3 Å². The molecule has 2 heterocycles. The van der Waals surface area contributed by atoms with Gasteiger partial charge in [0.15, 0.2) is 0 Å². The summed E-state index contributed by atoms with van der Waals surface area (Å²) in [7, 11) is 0. The lowest BCUT2D eigenvalue weighted by atomic mass is 9.67. The van der Waals surface area contributed by atoms with Crippen molar-refractivity contribution in [2.75, 3.05) is 19.7 Å². The average Bonchev–Trinajstić information content (AvgIpc) is 3.00. The second-order valence-corrected chi connectivity index (χ2v) is 6.93. The first-order valence-corrected chi connectivity index (χ1v) is 8.53. The van der Waals surface area contributed by atoms with Crippen molar-refractivity contribution in [3.05, 3.63) is 29.8 Å². The Morgan fingerprint density at radius 1 is 1.27 bits per heavy atom. The molecule has 0 bridgehead atoms. The van der Waals surface area contributed by atoms with Crippen LogP contribution in [0.3, 0.4) is 0 Å². The first-order valence-electron chi connectivity index (χ1n) is 8.53. The number of amides is 1. The number of nitrogens with one attached hydrogen (secondary N) is 2. The molecule has 4 rings (SSSR count). The van der Waals surface area contributed by atoms with Gasteiger partial charge in [0.1, 0.15) is 5.75 Å². The summed E-state index contributed by atoms with van der Waals surface area (Å²) in [5.74, 6) is 1.68. The molecular weight excluding hydrogens is 276 g/mol. The third kappa shape index (κ3) is 2.21. The van der Waals surface area contributed by atoms with E-state index in [0.29, 0.717) is 12.5 Å². The molecule has 2 aliphatic heterocycles. The van der Waals surface area contributed by atoms with Gasteiger partial charge in [-0.05, 0) is 31.4 Å². The average molecular weight is 300 g/mol. The molecule has 22 heavy (non-hydrogen) atoms. The summed E-state index contributed by atoms with van der Waals surface area (Å²) in [6.45, 7) is 2.52. The minimum Gasteiger partial charge on any atom is -0.493 e. The molecular formula is C18H24N2O2. The van der Waals surface area contributed by atoms with Gasteiger partial charge >= 0.3 is 0 Å². The van der Waals surface area contributed by atoms with Crippen LogP contribution in [0.2, 0.25) is 0 Å². The fraction of sp³-hybridized carbons (Fsp3) is 0.611. The van der Waals surface area contributed by atoms with E-state index in [9.17, 15) is 4.79 Å². The molecule has 1 saturated heterocycles. The van der Waals surface area contributed by atoms with Gasteiger partial charge < -0.3 is 15.4 Å². The standard InChI is InChI=1S/C18H24N2O2/c21-17(18-9-4-3-5-13(18)11-19-12-18)20-15-8-10-22-16-7-2-1-6-14(15)16/h1-2,6-7,13,15,19H,3-5,8-12H2,(H,20,21)/t13-,15?,18+/m0/s1. The fourth-order valence-electron chi connectivity index (χ4n) is 4.48. The number of para-hydroxylation sites is 1. The second-order valence-electron chi connectivity index (χ2n) is 6.93. The van der Waals surface area contributed by atoms with Crippen LogP contribution in [0, 0.1) is 11.3 Å². The van der Waals surface area contributed by atoms with Crippen molar-refractivity contribution in [2.24, 2.45) is 11.3 Å². The molecule has 3 aliphatic rings. The van der Waals surface area contributed by atoms with E-state index in [-0.39, 0.29) is 17.4 Å². The molecule has 2 N–H and O–H groups in total. The zero-order valence-corrected chi connectivity index (χ0v) is 12.9. The highest BCUT2D eigenvalue weighted by atomic mass is 16.5. The fourth-order valence-corrected chi connectivity index (χ4v) is 4.48. The van der Waals surface area contributed by atoms with Crippen molar-refractivity contribution in [3.63, 3.8) is 0 Å². The van der Waals surface area contributed by atoms with Gasteiger partial charge in [-0.25, -0.2) is 0 Å². The van der Waals surface area contributed by atoms with E-state index in [1.165, 1.54) is 19.3 Å². The topological polar surface area (TPSA) is 50.4 Å². The molecule has 0 aromatic heterocycles. The lowest BCUT2D eigenvalue weighted by Crippen LogP contribution is -2.49. The highest BCUT2D eigenvalue weighted by Crippen LogP contribution is 2.44. The third-order valence-corrected chi connectivity index (χ3v) is 5.75. The molecule has 1 aliphatic carbocycles. The van der Waals surface area contributed by atoms with E-state index in [1.54, 1.807) is 0 Å². The highest BCUT2D eigenvalue weighted by molar-refractivity contribution is 5.84. The molecule has 4 nitrogen and oxygen atoms in total. The van der Waals surface area contributed by atoms with Gasteiger partial charge in [-0.15, -0.1) is 0 Å². The summed E-state index contributed by atoms with van der Waals surface area (Å²) in [5.41, 5.74) is 0.947. The third-order valence-electron chi connectivity index (χ3n) is 5.75. The zero-order chi connectivity index (χ0) is 15.0. The van der Waals surface area contributed by atoms with Crippen LogP contribution in [-0.4, -0.2) is 25.6 Å². The molecule has 1 aromatic rings. The molecule has 1 aromatic carbocycles. The van der Waals surface area contributed by atoms with Gasteiger partial charge in [-0.3, -0.25) is 4.79 Å². The molecule has 4 heteroatoms. The molecule has 3 atom stereocenters. The summed E-state index contributed by atoms with van der Waals surface area (Å²) in [5, 5.41) is 6.80. The Hall–Kier alpha value is -1.55. The Labute approximate surface area is 131 Å². The van der Waals surface area contributed by atoms with E-state index in [2.05, 4.69) is 16.7 Å². The molecule has 0 radical (unpaired) electrons. The van der Waals surface area contributed by atoms with Crippen molar-refractivity contribution in [1.82, 2.24) is 10.6 Å². The summed E-state index contributed by atoms with van der Waals surface area (Å²) < 4.78 is 5.70. The predicted molar refractivity (Wildman–Crippen MR) is 84.7 cm³/mol. The maximum absolute atomic E-state index is 13.1. The number of ether oxygens (including phenoxy) is 1. The number of hydrogen-bond donors (Lipinski definition) is 2. The van der Waals surface area contributed by atoms with Crippen LogP contribution in [0.25, 0.3) is 0 Å². The molecule has 0 spiro atoms. The van der Waals surface area contributed by atoms with Crippen molar-refractivity contribution >= 4 is 5.91 Å². The van der Waals surface area contributed by atoms with Crippen molar-refractivity contribution in [2.45, 2.75) is 38.1 Å². The number of hydrogen-bond acceptors (Lipinski definition) is 3. The lowest BCUT2D eigenvalue weighted by Gasteiger charge is -2.39. The summed E-state index contributed by atoms with van der Waals surface area (Å²) in [6.07, 6.45) is 5.51. The van der Waals surface area contributed by atoms with Gasteiger partial charge in [0.2, 0.25) is 5.91 Å². The minimum atomic E-state index is -0.175. The van der Waals surface area contributed by atoms with Crippen LogP contribution in [-0.2, 0) is 4.79 Å². The van der Waals surface area contributed by atoms with Crippen molar-refractivity contribution in [1.29, 1.82) is 0 Å². The normalized spacial score (nSPS) is 33.5. The largest absolute Gasteiger partial charge is 0.493 e. The Balaban J connectivity index is 1.55. The predicted octanol–water partition coefficient (Wildman–Crippen LogP) is 2.41. The Morgan fingerprint density at radius 2 is 2.18 bits per heavy atom. The second kappa shape index (κ2) is 5.58. The maximum Gasteiger partial charge on any atom is 0.228 e. The lowest BCUT2D eigenvalue weighted by molar-refractivity contribution is -0.135. The van der Waals surface area contributed by atoms with Gasteiger partial charge in [-0.2, -0.15) is 0 Å². The Morgan fingerprint density at radius 3 is 3.14 bits per heavy atom. The van der Waals surface area contributed by atoms with E-state index in [4.69, 9.17) is 4.74 Å². The monoisotopic (exact) mass is 300 g/mol. The van der Waals surface area contributed by atoms with Crippen LogP contribution < -0.4 is 15.4 Å². The van der Waals surface area contributed by atoms with Crippen molar-refractivity contribution < 1.29 is 9.53 Å². The summed E-state index contributed by atoms with van der Waals surface area (Å²) in [6, 6.07) is 8.16. The smallest absolute Gasteiger partial charge is 0.228 e. The minimum absolute atomic E-state index is 0.0926.